The summed E-state index contributed by atoms with van der Waals surface area (Å²) in [6, 6.07) is 5.12. The lowest BCUT2D eigenvalue weighted by molar-refractivity contribution is 0.290. The largest absolute Gasteiger partial charge is 0.490 e. The fraction of sp³-hybridized carbons (Fsp3) is 0.200. The minimum atomic E-state index is 0.477. The molecule has 0 spiro atoms. The van der Waals surface area contributed by atoms with Crippen molar-refractivity contribution in [3.63, 3.8) is 0 Å². The van der Waals surface area contributed by atoms with Crippen molar-refractivity contribution in [1.29, 1.82) is 0 Å². The first kappa shape index (κ1) is 11.2. The van der Waals surface area contributed by atoms with Crippen molar-refractivity contribution in [3.8, 4) is 5.75 Å². The van der Waals surface area contributed by atoms with E-state index < -0.39 is 0 Å². The predicted molar refractivity (Wildman–Crippen MR) is 62.0 cm³/mol. The van der Waals surface area contributed by atoms with Crippen LogP contribution >= 0.6 is 23.2 Å². The molecule has 2 aromatic rings. The van der Waals surface area contributed by atoms with E-state index in [9.17, 15) is 0 Å². The monoisotopic (exact) mass is 257 g/mol. The van der Waals surface area contributed by atoms with Crippen LogP contribution in [0.2, 0.25) is 10.0 Å². The van der Waals surface area contributed by atoms with Gasteiger partial charge in [-0.3, -0.25) is 0 Å². The van der Waals surface area contributed by atoms with E-state index in [4.69, 9.17) is 27.9 Å². The average molecular weight is 258 g/mol. The zero-order chi connectivity index (χ0) is 11.4. The molecule has 0 N–H and O–H groups in total. The van der Waals surface area contributed by atoms with Gasteiger partial charge in [0.25, 0.3) is 0 Å². The van der Waals surface area contributed by atoms with Crippen LogP contribution in [0.4, 0.5) is 0 Å². The van der Waals surface area contributed by atoms with Crippen molar-refractivity contribution in [2.75, 3.05) is 6.61 Å². The first-order chi connectivity index (χ1) is 7.75. The van der Waals surface area contributed by atoms with Gasteiger partial charge in [-0.25, -0.2) is 4.68 Å². The van der Waals surface area contributed by atoms with Crippen molar-refractivity contribution in [2.45, 2.75) is 6.54 Å². The Hall–Kier alpha value is -1.26. The van der Waals surface area contributed by atoms with Crippen LogP contribution < -0.4 is 4.74 Å². The van der Waals surface area contributed by atoms with Crippen LogP contribution in [0.15, 0.2) is 30.6 Å². The van der Waals surface area contributed by atoms with Crippen molar-refractivity contribution in [1.82, 2.24) is 15.0 Å². The standard InChI is InChI=1S/C10H9Cl2N3O/c11-8-1-2-10(9(12)7-8)16-6-5-15-4-3-13-14-15/h1-4,7H,5-6H2. The molecule has 6 heteroatoms. The first-order valence-corrected chi connectivity index (χ1v) is 5.43. The average Bonchev–Trinajstić information content (AvgIpc) is 2.74. The van der Waals surface area contributed by atoms with Crippen LogP contribution in [0, 0.1) is 0 Å². The van der Waals surface area contributed by atoms with E-state index in [1.807, 2.05) is 0 Å². The normalized spacial score (nSPS) is 10.4. The highest BCUT2D eigenvalue weighted by atomic mass is 35.5. The Balaban J connectivity index is 1.90. The SMILES string of the molecule is Clc1ccc(OCCn2ccnn2)c(Cl)c1. The molecule has 84 valence electrons. The summed E-state index contributed by atoms with van der Waals surface area (Å²) in [5.74, 6) is 0.617. The molecular weight excluding hydrogens is 249 g/mol. The van der Waals surface area contributed by atoms with Gasteiger partial charge in [0.2, 0.25) is 0 Å². The second-order valence-corrected chi connectivity index (χ2v) is 3.93. The maximum absolute atomic E-state index is 5.95. The zero-order valence-electron chi connectivity index (χ0n) is 8.31. The molecule has 0 fully saturated rings. The summed E-state index contributed by atoms with van der Waals surface area (Å²) < 4.78 is 7.17. The molecule has 0 radical (unpaired) electrons. The number of nitrogens with zero attached hydrogens (tertiary/aromatic N) is 3. The molecule has 0 aliphatic heterocycles. The molecule has 0 bridgehead atoms. The molecular formula is C10H9Cl2N3O. The fourth-order valence-corrected chi connectivity index (χ4v) is 1.66. The summed E-state index contributed by atoms with van der Waals surface area (Å²) in [6.45, 7) is 1.10. The second-order valence-electron chi connectivity index (χ2n) is 3.09. The van der Waals surface area contributed by atoms with Crippen molar-refractivity contribution in [3.05, 3.63) is 40.6 Å². The molecule has 0 amide bonds. The molecule has 1 aromatic heterocycles. The van der Waals surface area contributed by atoms with Gasteiger partial charge in [0.15, 0.2) is 0 Å². The van der Waals surface area contributed by atoms with Crippen LogP contribution in [-0.2, 0) is 6.54 Å². The Morgan fingerprint density at radius 3 is 2.88 bits per heavy atom. The van der Waals surface area contributed by atoms with E-state index in [-0.39, 0.29) is 0 Å². The molecule has 0 aliphatic rings. The Morgan fingerprint density at radius 1 is 1.31 bits per heavy atom. The summed E-state index contributed by atoms with van der Waals surface area (Å²) in [5.41, 5.74) is 0. The number of benzene rings is 1. The lowest BCUT2D eigenvalue weighted by atomic mass is 10.3. The van der Waals surface area contributed by atoms with Crippen LogP contribution in [0.25, 0.3) is 0 Å². The molecule has 0 saturated heterocycles. The van der Waals surface area contributed by atoms with Crippen LogP contribution in [0.5, 0.6) is 5.75 Å². The summed E-state index contributed by atoms with van der Waals surface area (Å²) in [4.78, 5) is 0. The molecule has 2 rings (SSSR count). The first-order valence-electron chi connectivity index (χ1n) is 4.67. The number of ether oxygens (including phenoxy) is 1. The molecule has 4 nitrogen and oxygen atoms in total. The van der Waals surface area contributed by atoms with E-state index in [2.05, 4.69) is 10.3 Å². The van der Waals surface area contributed by atoms with Crippen LogP contribution in [0.1, 0.15) is 0 Å². The zero-order valence-corrected chi connectivity index (χ0v) is 9.82. The number of halogens is 2. The molecule has 0 saturated carbocycles. The maximum atomic E-state index is 5.95. The van der Waals surface area contributed by atoms with Gasteiger partial charge in [-0.2, -0.15) is 0 Å². The van der Waals surface area contributed by atoms with Gasteiger partial charge < -0.3 is 4.74 Å². The van der Waals surface area contributed by atoms with Crippen molar-refractivity contribution in [2.24, 2.45) is 0 Å². The lowest BCUT2D eigenvalue weighted by Gasteiger charge is -2.07. The third-order valence-electron chi connectivity index (χ3n) is 1.94. The van der Waals surface area contributed by atoms with Crippen LogP contribution in [0.3, 0.4) is 0 Å². The highest BCUT2D eigenvalue weighted by Gasteiger charge is 2.02. The lowest BCUT2D eigenvalue weighted by Crippen LogP contribution is -2.08. The highest BCUT2D eigenvalue weighted by Crippen LogP contribution is 2.27. The highest BCUT2D eigenvalue weighted by molar-refractivity contribution is 6.35. The maximum Gasteiger partial charge on any atom is 0.138 e. The smallest absolute Gasteiger partial charge is 0.138 e. The molecule has 1 aromatic carbocycles. The fourth-order valence-electron chi connectivity index (χ4n) is 1.19. The Labute approximate surface area is 103 Å². The second kappa shape index (κ2) is 5.18. The Kier molecular flexibility index (Phi) is 3.64. The van der Waals surface area contributed by atoms with Gasteiger partial charge in [-0.15, -0.1) is 5.10 Å². The summed E-state index contributed by atoms with van der Waals surface area (Å²) in [7, 11) is 0. The van der Waals surface area contributed by atoms with Gasteiger partial charge >= 0.3 is 0 Å². The molecule has 0 unspecified atom stereocenters. The van der Waals surface area contributed by atoms with Gasteiger partial charge in [-0.1, -0.05) is 28.4 Å². The summed E-state index contributed by atoms with van der Waals surface area (Å²) >= 11 is 11.7. The number of hydrogen-bond donors (Lipinski definition) is 0. The molecule has 0 atom stereocenters. The van der Waals surface area contributed by atoms with Gasteiger partial charge in [0.05, 0.1) is 17.8 Å². The van der Waals surface area contributed by atoms with Gasteiger partial charge in [-0.05, 0) is 18.2 Å². The quantitative estimate of drug-likeness (QED) is 0.846. The summed E-state index contributed by atoms with van der Waals surface area (Å²) in [5, 5.41) is 8.60. The van der Waals surface area contributed by atoms with Crippen molar-refractivity contribution >= 4 is 23.2 Å². The Morgan fingerprint density at radius 2 is 2.19 bits per heavy atom. The molecule has 1 heterocycles. The Bertz CT molecular complexity index is 459. The number of rotatable bonds is 4. The minimum absolute atomic E-state index is 0.477. The van der Waals surface area contributed by atoms with E-state index >= 15 is 0 Å². The topological polar surface area (TPSA) is 39.9 Å². The number of hydrogen-bond acceptors (Lipinski definition) is 3. The number of aromatic nitrogens is 3. The minimum Gasteiger partial charge on any atom is -0.490 e. The van der Waals surface area contributed by atoms with E-state index in [1.165, 1.54) is 0 Å². The van der Waals surface area contributed by atoms with Gasteiger partial charge in [0.1, 0.15) is 12.4 Å². The molecule has 0 aliphatic carbocycles. The van der Waals surface area contributed by atoms with E-state index in [0.29, 0.717) is 28.9 Å². The third kappa shape index (κ3) is 2.87. The van der Waals surface area contributed by atoms with E-state index in [0.717, 1.165) is 0 Å². The van der Waals surface area contributed by atoms with Crippen molar-refractivity contribution < 1.29 is 4.74 Å². The summed E-state index contributed by atoms with van der Waals surface area (Å²) in [6.07, 6.45) is 3.39. The predicted octanol–water partition coefficient (Wildman–Crippen LogP) is 2.66. The van der Waals surface area contributed by atoms with Crippen LogP contribution in [-0.4, -0.2) is 21.6 Å². The molecule has 16 heavy (non-hydrogen) atoms. The van der Waals surface area contributed by atoms with E-state index in [1.54, 1.807) is 35.3 Å². The third-order valence-corrected chi connectivity index (χ3v) is 2.47. The van der Waals surface area contributed by atoms with Gasteiger partial charge in [0, 0.05) is 11.2 Å².